The number of nitrogens with one attached hydrogen (secondary N) is 1. The number of amides is 2. The van der Waals surface area contributed by atoms with Gasteiger partial charge in [0.1, 0.15) is 11.8 Å². The smallest absolute Gasteiger partial charge is 0.242 e. The topological polar surface area (TPSA) is 96.0 Å². The molecule has 0 saturated carbocycles. The minimum Gasteiger partial charge on any atom is -0.497 e. The lowest BCUT2D eigenvalue weighted by Gasteiger charge is -2.30. The van der Waals surface area contributed by atoms with Crippen LogP contribution < -0.4 is 14.4 Å². The number of rotatable bonds is 13. The highest BCUT2D eigenvalue weighted by atomic mass is 32.2. The molecular formula is C28H41N3O5S. The molecule has 2 amide bonds. The number of methoxy groups -OCH3 is 1. The van der Waals surface area contributed by atoms with Crippen molar-refractivity contribution in [1.82, 2.24) is 10.2 Å². The van der Waals surface area contributed by atoms with Crippen LogP contribution in [0.3, 0.4) is 0 Å². The van der Waals surface area contributed by atoms with E-state index in [1.54, 1.807) is 25.0 Å². The van der Waals surface area contributed by atoms with E-state index in [0.29, 0.717) is 17.9 Å². The minimum absolute atomic E-state index is 0.00576. The van der Waals surface area contributed by atoms with Gasteiger partial charge in [-0.15, -0.1) is 0 Å². The second-order valence-corrected chi connectivity index (χ2v) is 11.4. The number of benzene rings is 2. The number of hydrogen-bond acceptors (Lipinski definition) is 5. The van der Waals surface area contributed by atoms with Gasteiger partial charge >= 0.3 is 0 Å². The second-order valence-electron chi connectivity index (χ2n) is 9.52. The highest BCUT2D eigenvalue weighted by molar-refractivity contribution is 7.92. The zero-order chi connectivity index (χ0) is 27.8. The molecule has 9 heteroatoms. The molecule has 0 aliphatic heterocycles. The maximum absolute atomic E-state index is 13.4. The van der Waals surface area contributed by atoms with Gasteiger partial charge in [-0.25, -0.2) is 8.42 Å². The number of ether oxygens (including phenoxy) is 1. The van der Waals surface area contributed by atoms with Crippen LogP contribution in [0.5, 0.6) is 5.75 Å². The van der Waals surface area contributed by atoms with E-state index in [0.717, 1.165) is 23.1 Å². The van der Waals surface area contributed by atoms with Crippen LogP contribution in [0.15, 0.2) is 42.5 Å². The van der Waals surface area contributed by atoms with E-state index >= 15 is 0 Å². The molecule has 37 heavy (non-hydrogen) atoms. The molecule has 2 aromatic carbocycles. The summed E-state index contributed by atoms with van der Waals surface area (Å²) in [5, 5.41) is 2.96. The van der Waals surface area contributed by atoms with Crippen molar-refractivity contribution in [2.24, 2.45) is 0 Å². The quantitative estimate of drug-likeness (QED) is 0.418. The zero-order valence-electron chi connectivity index (χ0n) is 23.1. The second kappa shape index (κ2) is 13.5. The predicted molar refractivity (Wildman–Crippen MR) is 148 cm³/mol. The standard InChI is InChI=1S/C28H41N3O5S/c1-8-21(3)29-28(33)23(5)30(19-24-14-16-25(36-6)17-15-24)27(32)13-10-18-31(37(7,34)35)26-12-9-11-20(2)22(26)4/h9,11-12,14-17,21,23H,8,10,13,18-19H2,1-7H3,(H,29,33)/t21-,23+/m0/s1. The predicted octanol–water partition coefficient (Wildman–Crippen LogP) is 4.19. The first kappa shape index (κ1) is 30.2. The van der Waals surface area contributed by atoms with Crippen molar-refractivity contribution >= 4 is 27.5 Å². The fourth-order valence-corrected chi connectivity index (χ4v) is 4.98. The van der Waals surface area contributed by atoms with E-state index in [9.17, 15) is 18.0 Å². The first-order valence-corrected chi connectivity index (χ1v) is 14.5. The minimum atomic E-state index is -3.54. The fraction of sp³-hybridized carbons (Fsp3) is 0.500. The molecule has 1 N–H and O–H groups in total. The summed E-state index contributed by atoms with van der Waals surface area (Å²) in [4.78, 5) is 27.9. The Balaban J connectivity index is 2.21. The first-order chi connectivity index (χ1) is 17.4. The van der Waals surface area contributed by atoms with Gasteiger partial charge in [-0.3, -0.25) is 13.9 Å². The third-order valence-electron chi connectivity index (χ3n) is 6.68. The highest BCUT2D eigenvalue weighted by Gasteiger charge is 2.27. The summed E-state index contributed by atoms with van der Waals surface area (Å²) in [7, 11) is -1.96. The SMILES string of the molecule is CC[C@H](C)NC(=O)[C@@H](C)N(Cc1ccc(OC)cc1)C(=O)CCCN(c1cccc(C)c1C)S(C)(=O)=O. The molecule has 2 aromatic rings. The summed E-state index contributed by atoms with van der Waals surface area (Å²) in [5.74, 6) is 0.276. The van der Waals surface area contributed by atoms with Crippen molar-refractivity contribution in [2.45, 2.75) is 72.5 Å². The molecule has 0 fully saturated rings. The number of aryl methyl sites for hydroxylation is 1. The molecule has 0 aromatic heterocycles. The third kappa shape index (κ3) is 8.49. The van der Waals surface area contributed by atoms with Crippen molar-refractivity contribution in [2.75, 3.05) is 24.2 Å². The molecular weight excluding hydrogens is 490 g/mol. The van der Waals surface area contributed by atoms with Crippen LogP contribution in [0.4, 0.5) is 5.69 Å². The average Bonchev–Trinajstić information content (AvgIpc) is 2.86. The number of nitrogens with zero attached hydrogens (tertiary/aromatic N) is 2. The van der Waals surface area contributed by atoms with Gasteiger partial charge in [-0.2, -0.15) is 0 Å². The van der Waals surface area contributed by atoms with Crippen molar-refractivity contribution in [3.8, 4) is 5.75 Å². The van der Waals surface area contributed by atoms with Gasteiger partial charge in [0.15, 0.2) is 0 Å². The van der Waals surface area contributed by atoms with Crippen LogP contribution in [0.2, 0.25) is 0 Å². The van der Waals surface area contributed by atoms with E-state index in [-0.39, 0.29) is 37.4 Å². The number of hydrogen-bond donors (Lipinski definition) is 1. The average molecular weight is 532 g/mol. The van der Waals surface area contributed by atoms with E-state index in [4.69, 9.17) is 4.74 Å². The van der Waals surface area contributed by atoms with Crippen LogP contribution in [0.1, 0.15) is 56.7 Å². The van der Waals surface area contributed by atoms with Gasteiger partial charge in [0, 0.05) is 25.6 Å². The Labute approximate surface area is 222 Å². The summed E-state index contributed by atoms with van der Waals surface area (Å²) < 4.78 is 31.8. The number of sulfonamides is 1. The summed E-state index contributed by atoms with van der Waals surface area (Å²) in [5.41, 5.74) is 3.36. The molecule has 0 heterocycles. The fourth-order valence-electron chi connectivity index (χ4n) is 3.96. The van der Waals surface area contributed by atoms with Gasteiger partial charge in [0.05, 0.1) is 19.1 Å². The molecule has 204 valence electrons. The number of carbonyl (C=O) groups excluding carboxylic acids is 2. The van der Waals surface area contributed by atoms with E-state index in [1.165, 1.54) is 10.6 Å². The molecule has 0 unspecified atom stereocenters. The molecule has 0 saturated heterocycles. The number of anilines is 1. The summed E-state index contributed by atoms with van der Waals surface area (Å²) in [6.45, 7) is 9.88. The van der Waals surface area contributed by atoms with E-state index < -0.39 is 16.1 Å². The van der Waals surface area contributed by atoms with Crippen LogP contribution in [0.25, 0.3) is 0 Å². The monoisotopic (exact) mass is 531 g/mol. The normalized spacial score (nSPS) is 12.9. The Hall–Kier alpha value is -3.07. The lowest BCUT2D eigenvalue weighted by atomic mass is 10.1. The molecule has 0 bridgehead atoms. The largest absolute Gasteiger partial charge is 0.497 e. The maximum atomic E-state index is 13.4. The molecule has 0 aliphatic rings. The Morgan fingerprint density at radius 2 is 1.70 bits per heavy atom. The third-order valence-corrected chi connectivity index (χ3v) is 7.86. The van der Waals surface area contributed by atoms with Crippen LogP contribution in [-0.4, -0.2) is 57.1 Å². The maximum Gasteiger partial charge on any atom is 0.242 e. The van der Waals surface area contributed by atoms with Crippen LogP contribution in [-0.2, 0) is 26.2 Å². The van der Waals surface area contributed by atoms with Gasteiger partial charge < -0.3 is 15.0 Å². The van der Waals surface area contributed by atoms with Gasteiger partial charge in [-0.05, 0) is 75.4 Å². The van der Waals surface area contributed by atoms with E-state index in [1.807, 2.05) is 64.1 Å². The van der Waals surface area contributed by atoms with Crippen molar-refractivity contribution in [3.05, 3.63) is 59.2 Å². The Morgan fingerprint density at radius 3 is 2.27 bits per heavy atom. The highest BCUT2D eigenvalue weighted by Crippen LogP contribution is 2.25. The van der Waals surface area contributed by atoms with Gasteiger partial charge in [-0.1, -0.05) is 31.2 Å². The summed E-state index contributed by atoms with van der Waals surface area (Å²) >= 11 is 0. The summed E-state index contributed by atoms with van der Waals surface area (Å²) in [6.07, 6.45) is 2.38. The molecule has 8 nitrogen and oxygen atoms in total. The van der Waals surface area contributed by atoms with Gasteiger partial charge in [0.25, 0.3) is 0 Å². The number of carbonyl (C=O) groups is 2. The molecule has 2 atom stereocenters. The zero-order valence-corrected chi connectivity index (χ0v) is 23.9. The van der Waals surface area contributed by atoms with Gasteiger partial charge in [0.2, 0.25) is 21.8 Å². The van der Waals surface area contributed by atoms with Crippen molar-refractivity contribution < 1.29 is 22.7 Å². The molecule has 0 aliphatic carbocycles. The Bertz CT molecular complexity index is 1160. The van der Waals surface area contributed by atoms with E-state index in [2.05, 4.69) is 5.32 Å². The van der Waals surface area contributed by atoms with Crippen molar-refractivity contribution in [1.29, 1.82) is 0 Å². The van der Waals surface area contributed by atoms with Crippen LogP contribution >= 0.6 is 0 Å². The molecule has 0 radical (unpaired) electrons. The lowest BCUT2D eigenvalue weighted by molar-refractivity contribution is -0.140. The first-order valence-electron chi connectivity index (χ1n) is 12.7. The van der Waals surface area contributed by atoms with Crippen molar-refractivity contribution in [3.63, 3.8) is 0 Å². The Kier molecular flexibility index (Phi) is 11.0. The molecule has 2 rings (SSSR count). The lowest BCUT2D eigenvalue weighted by Crippen LogP contribution is -2.49. The Morgan fingerprint density at radius 1 is 1.05 bits per heavy atom. The van der Waals surface area contributed by atoms with Crippen LogP contribution in [0, 0.1) is 13.8 Å². The molecule has 0 spiro atoms. The summed E-state index contributed by atoms with van der Waals surface area (Å²) in [6, 6.07) is 12.2.